The minimum Gasteiger partial charge on any atom is -0.361 e. The fourth-order valence-corrected chi connectivity index (χ4v) is 1.63. The monoisotopic (exact) mass is 203 g/mol. The number of carbonyl (C=O) groups excluding carboxylic acids is 1. The van der Waals surface area contributed by atoms with E-state index in [1.807, 2.05) is 30.5 Å². The van der Waals surface area contributed by atoms with E-state index in [4.69, 9.17) is 0 Å². The fraction of sp³-hybridized carbons (Fsp3) is 0.182. The first kappa shape index (κ1) is 9.73. The summed E-state index contributed by atoms with van der Waals surface area (Å²) in [7, 11) is 1.67. The Balaban J connectivity index is 2.25. The summed E-state index contributed by atoms with van der Waals surface area (Å²) >= 11 is 0. The topological polar surface area (TPSA) is 56.9 Å². The number of hydrogen-bond acceptors (Lipinski definition) is 2. The van der Waals surface area contributed by atoms with Crippen molar-refractivity contribution in [1.29, 1.82) is 0 Å². The highest BCUT2D eigenvalue weighted by Crippen LogP contribution is 2.17. The number of nitrogens with one attached hydrogen (secondary N) is 3. The number of carbonyl (C=O) groups is 1. The first-order chi connectivity index (χ1) is 7.31. The van der Waals surface area contributed by atoms with Crippen molar-refractivity contribution < 1.29 is 4.79 Å². The molecule has 0 saturated carbocycles. The van der Waals surface area contributed by atoms with Gasteiger partial charge in [-0.3, -0.25) is 10.2 Å². The van der Waals surface area contributed by atoms with Crippen LogP contribution in [0.15, 0.2) is 30.5 Å². The molecule has 0 aliphatic rings. The number of hydrazine groups is 1. The quantitative estimate of drug-likeness (QED) is 0.651. The lowest BCUT2D eigenvalue weighted by Crippen LogP contribution is -2.35. The molecule has 0 atom stereocenters. The van der Waals surface area contributed by atoms with Crippen LogP contribution in [0.2, 0.25) is 0 Å². The normalized spacial score (nSPS) is 10.5. The Bertz CT molecular complexity index is 475. The number of rotatable bonds is 3. The van der Waals surface area contributed by atoms with Gasteiger partial charge in [0.1, 0.15) is 0 Å². The lowest BCUT2D eigenvalue weighted by Gasteiger charge is -2.01. The number of H-pyrrole nitrogens is 1. The van der Waals surface area contributed by atoms with Gasteiger partial charge in [-0.25, -0.2) is 5.43 Å². The van der Waals surface area contributed by atoms with Crippen LogP contribution in [0.1, 0.15) is 5.56 Å². The van der Waals surface area contributed by atoms with Crippen molar-refractivity contribution in [2.24, 2.45) is 0 Å². The van der Waals surface area contributed by atoms with Gasteiger partial charge in [0.25, 0.3) is 0 Å². The fourth-order valence-electron chi connectivity index (χ4n) is 1.63. The summed E-state index contributed by atoms with van der Waals surface area (Å²) in [5.74, 6) is -0.0396. The highest BCUT2D eigenvalue weighted by molar-refractivity contribution is 5.88. The number of amides is 1. The third-order valence-corrected chi connectivity index (χ3v) is 2.29. The van der Waals surface area contributed by atoms with Gasteiger partial charge in [0.2, 0.25) is 5.91 Å². The Morgan fingerprint density at radius 2 is 2.20 bits per heavy atom. The first-order valence-electron chi connectivity index (χ1n) is 4.82. The summed E-state index contributed by atoms with van der Waals surface area (Å²) in [5.41, 5.74) is 7.24. The molecule has 0 radical (unpaired) electrons. The maximum atomic E-state index is 11.4. The van der Waals surface area contributed by atoms with Crippen molar-refractivity contribution in [1.82, 2.24) is 15.8 Å². The van der Waals surface area contributed by atoms with Gasteiger partial charge in [-0.05, 0) is 11.6 Å². The summed E-state index contributed by atoms with van der Waals surface area (Å²) in [5, 5.41) is 1.10. The second-order valence-electron chi connectivity index (χ2n) is 3.33. The molecule has 1 aromatic heterocycles. The second-order valence-corrected chi connectivity index (χ2v) is 3.33. The van der Waals surface area contributed by atoms with Gasteiger partial charge in [-0.1, -0.05) is 18.2 Å². The van der Waals surface area contributed by atoms with Crippen LogP contribution in [-0.4, -0.2) is 17.9 Å². The molecule has 1 aromatic carbocycles. The van der Waals surface area contributed by atoms with Crippen LogP contribution in [0.3, 0.4) is 0 Å². The van der Waals surface area contributed by atoms with Crippen LogP contribution in [0.25, 0.3) is 10.9 Å². The van der Waals surface area contributed by atoms with Crippen molar-refractivity contribution in [3.8, 4) is 0 Å². The van der Waals surface area contributed by atoms with E-state index < -0.39 is 0 Å². The van der Waals surface area contributed by atoms with Gasteiger partial charge in [0.05, 0.1) is 6.42 Å². The number of benzene rings is 1. The summed E-state index contributed by atoms with van der Waals surface area (Å²) in [4.78, 5) is 14.5. The average Bonchev–Trinajstić information content (AvgIpc) is 2.62. The highest BCUT2D eigenvalue weighted by Gasteiger charge is 2.06. The Labute approximate surface area is 87.6 Å². The molecule has 1 heterocycles. The van der Waals surface area contributed by atoms with E-state index in [1.54, 1.807) is 7.05 Å². The van der Waals surface area contributed by atoms with Crippen LogP contribution >= 0.6 is 0 Å². The molecule has 4 nitrogen and oxygen atoms in total. The van der Waals surface area contributed by atoms with Crippen molar-refractivity contribution in [3.05, 3.63) is 36.0 Å². The lowest BCUT2D eigenvalue weighted by molar-refractivity contribution is -0.121. The number of para-hydroxylation sites is 1. The molecule has 0 fully saturated rings. The predicted molar refractivity (Wildman–Crippen MR) is 59.2 cm³/mol. The minimum absolute atomic E-state index is 0.0396. The molecule has 4 heteroatoms. The van der Waals surface area contributed by atoms with Crippen molar-refractivity contribution in [3.63, 3.8) is 0 Å². The van der Waals surface area contributed by atoms with E-state index in [9.17, 15) is 4.79 Å². The van der Waals surface area contributed by atoms with Crippen LogP contribution in [0.5, 0.6) is 0 Å². The first-order valence-corrected chi connectivity index (χ1v) is 4.82. The molecule has 15 heavy (non-hydrogen) atoms. The Kier molecular flexibility index (Phi) is 2.69. The zero-order valence-electron chi connectivity index (χ0n) is 8.50. The molecule has 2 rings (SSSR count). The number of aromatic amines is 1. The minimum atomic E-state index is -0.0396. The molecule has 78 valence electrons. The number of hydrogen-bond donors (Lipinski definition) is 3. The lowest BCUT2D eigenvalue weighted by atomic mass is 10.1. The zero-order valence-corrected chi connectivity index (χ0v) is 8.50. The molecular formula is C11H13N3O. The van der Waals surface area contributed by atoms with Crippen LogP contribution in [0.4, 0.5) is 0 Å². The molecule has 0 bridgehead atoms. The molecule has 1 amide bonds. The standard InChI is InChI=1S/C11H13N3O/c1-12-14-11(15)6-8-7-13-10-5-3-2-4-9(8)10/h2-5,7,12-13H,6H2,1H3,(H,14,15). The predicted octanol–water partition coefficient (Wildman–Crippen LogP) is 0.961. The molecule has 3 N–H and O–H groups in total. The maximum Gasteiger partial charge on any atom is 0.238 e. The van der Waals surface area contributed by atoms with Gasteiger partial charge in [-0.2, -0.15) is 0 Å². The number of aromatic nitrogens is 1. The van der Waals surface area contributed by atoms with E-state index >= 15 is 0 Å². The average molecular weight is 203 g/mol. The molecule has 0 unspecified atom stereocenters. The van der Waals surface area contributed by atoms with Gasteiger partial charge < -0.3 is 4.98 Å². The maximum absolute atomic E-state index is 11.4. The summed E-state index contributed by atoms with van der Waals surface area (Å²) in [6.45, 7) is 0. The molecular weight excluding hydrogens is 190 g/mol. The second kappa shape index (κ2) is 4.14. The molecule has 2 aromatic rings. The van der Waals surface area contributed by atoms with E-state index in [2.05, 4.69) is 15.8 Å². The van der Waals surface area contributed by atoms with Crippen molar-refractivity contribution in [2.45, 2.75) is 6.42 Å². The smallest absolute Gasteiger partial charge is 0.238 e. The summed E-state index contributed by atoms with van der Waals surface area (Å²) in [6, 6.07) is 7.94. The third-order valence-electron chi connectivity index (χ3n) is 2.29. The summed E-state index contributed by atoms with van der Waals surface area (Å²) < 4.78 is 0. The SMILES string of the molecule is CNNC(=O)Cc1c[nH]c2ccccc12. The number of fused-ring (bicyclic) bond motifs is 1. The van der Waals surface area contributed by atoms with Gasteiger partial charge in [-0.15, -0.1) is 0 Å². The van der Waals surface area contributed by atoms with Crippen LogP contribution < -0.4 is 10.9 Å². The third kappa shape index (κ3) is 1.99. The van der Waals surface area contributed by atoms with E-state index in [-0.39, 0.29) is 5.91 Å². The van der Waals surface area contributed by atoms with Gasteiger partial charge in [0.15, 0.2) is 0 Å². The summed E-state index contributed by atoms with van der Waals surface area (Å²) in [6.07, 6.45) is 2.25. The molecule has 0 aliphatic heterocycles. The molecule has 0 saturated heterocycles. The van der Waals surface area contributed by atoms with Crippen LogP contribution in [0, 0.1) is 0 Å². The Hall–Kier alpha value is -1.81. The molecule has 0 aliphatic carbocycles. The van der Waals surface area contributed by atoms with Gasteiger partial charge >= 0.3 is 0 Å². The van der Waals surface area contributed by atoms with E-state index in [0.717, 1.165) is 16.5 Å². The largest absolute Gasteiger partial charge is 0.361 e. The van der Waals surface area contributed by atoms with Crippen molar-refractivity contribution in [2.75, 3.05) is 7.05 Å². The van der Waals surface area contributed by atoms with Gasteiger partial charge in [0, 0.05) is 24.1 Å². The molecule has 0 spiro atoms. The van der Waals surface area contributed by atoms with Crippen LogP contribution in [-0.2, 0) is 11.2 Å². The Morgan fingerprint density at radius 3 is 3.00 bits per heavy atom. The van der Waals surface area contributed by atoms with E-state index in [1.165, 1.54) is 0 Å². The zero-order chi connectivity index (χ0) is 10.7. The highest BCUT2D eigenvalue weighted by atomic mass is 16.2. The van der Waals surface area contributed by atoms with Crippen molar-refractivity contribution >= 4 is 16.8 Å². The van der Waals surface area contributed by atoms with E-state index in [0.29, 0.717) is 6.42 Å². The Morgan fingerprint density at radius 1 is 1.40 bits per heavy atom.